The van der Waals surface area contributed by atoms with E-state index in [2.05, 4.69) is 0 Å². The second kappa shape index (κ2) is 5.32. The summed E-state index contributed by atoms with van der Waals surface area (Å²) in [6, 6.07) is 5.35. The van der Waals surface area contributed by atoms with Gasteiger partial charge in [-0.25, -0.2) is 4.39 Å². The lowest BCUT2D eigenvalue weighted by atomic mass is 10.00. The SMILES string of the molecule is CC(F)c1c(Cl)cccc1CCCO. The molecule has 0 aliphatic heterocycles. The Kier molecular flexibility index (Phi) is 4.36. The van der Waals surface area contributed by atoms with E-state index in [9.17, 15) is 4.39 Å². The zero-order valence-corrected chi connectivity index (χ0v) is 8.89. The van der Waals surface area contributed by atoms with Crippen molar-refractivity contribution in [3.8, 4) is 0 Å². The van der Waals surface area contributed by atoms with Crippen molar-refractivity contribution in [3.63, 3.8) is 0 Å². The molecule has 1 aromatic rings. The first-order valence-electron chi connectivity index (χ1n) is 4.69. The Morgan fingerprint density at radius 2 is 2.21 bits per heavy atom. The van der Waals surface area contributed by atoms with Crippen LogP contribution in [-0.2, 0) is 6.42 Å². The Balaban J connectivity index is 2.96. The maximum absolute atomic E-state index is 13.2. The van der Waals surface area contributed by atoms with Crippen LogP contribution in [0.3, 0.4) is 0 Å². The van der Waals surface area contributed by atoms with Crippen LogP contribution in [0.2, 0.25) is 5.02 Å². The van der Waals surface area contributed by atoms with Crippen molar-refractivity contribution in [2.45, 2.75) is 25.9 Å². The van der Waals surface area contributed by atoms with Gasteiger partial charge in [0.1, 0.15) is 6.17 Å². The molecular formula is C11H14ClFO. The van der Waals surface area contributed by atoms with Gasteiger partial charge >= 0.3 is 0 Å². The van der Waals surface area contributed by atoms with Gasteiger partial charge in [0.25, 0.3) is 0 Å². The highest BCUT2D eigenvalue weighted by Gasteiger charge is 2.12. The summed E-state index contributed by atoms with van der Waals surface area (Å²) >= 11 is 5.90. The van der Waals surface area contributed by atoms with Crippen LogP contribution >= 0.6 is 11.6 Å². The molecule has 1 nitrogen and oxygen atoms in total. The molecule has 1 N–H and O–H groups in total. The molecule has 0 aliphatic carbocycles. The van der Waals surface area contributed by atoms with E-state index in [1.165, 1.54) is 6.92 Å². The molecule has 0 fully saturated rings. The molecule has 0 radical (unpaired) electrons. The minimum atomic E-state index is -1.06. The van der Waals surface area contributed by atoms with E-state index < -0.39 is 6.17 Å². The number of hydrogen-bond donors (Lipinski definition) is 1. The van der Waals surface area contributed by atoms with E-state index >= 15 is 0 Å². The molecule has 0 heterocycles. The van der Waals surface area contributed by atoms with Gasteiger partial charge in [0.2, 0.25) is 0 Å². The van der Waals surface area contributed by atoms with Gasteiger partial charge in [0, 0.05) is 17.2 Å². The van der Waals surface area contributed by atoms with Crippen LogP contribution in [0.1, 0.15) is 30.6 Å². The Bertz CT molecular complexity index is 299. The monoisotopic (exact) mass is 216 g/mol. The van der Waals surface area contributed by atoms with Crippen LogP contribution in [-0.4, -0.2) is 11.7 Å². The van der Waals surface area contributed by atoms with Gasteiger partial charge in [-0.15, -0.1) is 0 Å². The summed E-state index contributed by atoms with van der Waals surface area (Å²) in [7, 11) is 0. The summed E-state index contributed by atoms with van der Waals surface area (Å²) < 4.78 is 13.2. The van der Waals surface area contributed by atoms with E-state index in [4.69, 9.17) is 16.7 Å². The molecule has 0 saturated carbocycles. The van der Waals surface area contributed by atoms with Crippen molar-refractivity contribution in [2.75, 3.05) is 6.61 Å². The minimum absolute atomic E-state index is 0.118. The van der Waals surface area contributed by atoms with E-state index in [0.717, 1.165) is 5.56 Å². The number of benzene rings is 1. The summed E-state index contributed by atoms with van der Waals surface area (Å²) in [6.07, 6.45) is 0.248. The topological polar surface area (TPSA) is 20.2 Å². The lowest BCUT2D eigenvalue weighted by Crippen LogP contribution is -1.98. The van der Waals surface area contributed by atoms with Crippen molar-refractivity contribution >= 4 is 11.6 Å². The summed E-state index contributed by atoms with van der Waals surface area (Å²) in [6.45, 7) is 1.59. The van der Waals surface area contributed by atoms with Crippen molar-refractivity contribution in [2.24, 2.45) is 0 Å². The maximum Gasteiger partial charge on any atom is 0.124 e. The van der Waals surface area contributed by atoms with E-state index in [1.807, 2.05) is 6.07 Å². The van der Waals surface area contributed by atoms with Gasteiger partial charge in [-0.1, -0.05) is 23.7 Å². The summed E-state index contributed by atoms with van der Waals surface area (Å²) in [4.78, 5) is 0. The Morgan fingerprint density at radius 3 is 2.79 bits per heavy atom. The Labute approximate surface area is 88.5 Å². The third kappa shape index (κ3) is 2.69. The van der Waals surface area contributed by atoms with Gasteiger partial charge in [-0.3, -0.25) is 0 Å². The lowest BCUT2D eigenvalue weighted by molar-refractivity contribution is 0.288. The number of hydrogen-bond acceptors (Lipinski definition) is 1. The van der Waals surface area contributed by atoms with Crippen LogP contribution in [0.5, 0.6) is 0 Å². The van der Waals surface area contributed by atoms with Crippen LogP contribution < -0.4 is 0 Å². The third-order valence-corrected chi connectivity index (χ3v) is 2.47. The Morgan fingerprint density at radius 1 is 1.50 bits per heavy atom. The number of aliphatic hydroxyl groups is 1. The molecule has 0 amide bonds. The van der Waals surface area contributed by atoms with Crippen molar-refractivity contribution in [1.29, 1.82) is 0 Å². The molecule has 3 heteroatoms. The van der Waals surface area contributed by atoms with Crippen molar-refractivity contribution < 1.29 is 9.50 Å². The number of alkyl halides is 1. The highest BCUT2D eigenvalue weighted by molar-refractivity contribution is 6.31. The molecule has 0 spiro atoms. The average Bonchev–Trinajstić information content (AvgIpc) is 2.14. The molecule has 0 aliphatic rings. The normalized spacial score (nSPS) is 12.9. The van der Waals surface area contributed by atoms with Crippen LogP contribution in [0.25, 0.3) is 0 Å². The van der Waals surface area contributed by atoms with Crippen LogP contribution in [0.4, 0.5) is 4.39 Å². The summed E-state index contributed by atoms with van der Waals surface area (Å²) in [5, 5.41) is 9.17. The number of halogens is 2. The van der Waals surface area contributed by atoms with Gasteiger partial charge in [0.05, 0.1) is 0 Å². The summed E-state index contributed by atoms with van der Waals surface area (Å²) in [5.74, 6) is 0. The Hall–Kier alpha value is -0.600. The van der Waals surface area contributed by atoms with Gasteiger partial charge in [0.15, 0.2) is 0 Å². The number of rotatable bonds is 4. The van der Waals surface area contributed by atoms with E-state index in [-0.39, 0.29) is 6.61 Å². The average molecular weight is 217 g/mol. The van der Waals surface area contributed by atoms with Crippen molar-refractivity contribution in [3.05, 3.63) is 34.3 Å². The fourth-order valence-corrected chi connectivity index (χ4v) is 1.86. The first-order valence-corrected chi connectivity index (χ1v) is 5.06. The van der Waals surface area contributed by atoms with Gasteiger partial charge in [-0.2, -0.15) is 0 Å². The minimum Gasteiger partial charge on any atom is -0.396 e. The quantitative estimate of drug-likeness (QED) is 0.819. The molecular weight excluding hydrogens is 203 g/mol. The molecule has 0 bridgehead atoms. The first kappa shape index (κ1) is 11.5. The molecule has 1 aromatic carbocycles. The third-order valence-electron chi connectivity index (χ3n) is 2.15. The largest absolute Gasteiger partial charge is 0.396 e. The maximum atomic E-state index is 13.2. The van der Waals surface area contributed by atoms with E-state index in [0.29, 0.717) is 23.4 Å². The van der Waals surface area contributed by atoms with E-state index in [1.54, 1.807) is 12.1 Å². The molecule has 0 aromatic heterocycles. The van der Waals surface area contributed by atoms with Crippen LogP contribution in [0.15, 0.2) is 18.2 Å². The standard InChI is InChI=1S/C11H14ClFO/c1-8(13)11-9(5-3-7-14)4-2-6-10(11)12/h2,4,6,8,14H,3,5,7H2,1H3. The van der Waals surface area contributed by atoms with Crippen LogP contribution in [0, 0.1) is 0 Å². The lowest BCUT2D eigenvalue weighted by Gasteiger charge is -2.11. The smallest absolute Gasteiger partial charge is 0.124 e. The zero-order valence-electron chi connectivity index (χ0n) is 8.13. The molecule has 14 heavy (non-hydrogen) atoms. The molecule has 78 valence electrons. The fraction of sp³-hybridized carbons (Fsp3) is 0.455. The second-order valence-electron chi connectivity index (χ2n) is 3.26. The van der Waals surface area contributed by atoms with Gasteiger partial charge < -0.3 is 5.11 Å². The predicted octanol–water partition coefficient (Wildman–Crippen LogP) is 3.30. The molecule has 0 saturated heterocycles. The molecule has 1 unspecified atom stereocenters. The first-order chi connectivity index (χ1) is 6.66. The number of aryl methyl sites for hydroxylation is 1. The highest BCUT2D eigenvalue weighted by atomic mass is 35.5. The molecule has 1 atom stereocenters. The zero-order chi connectivity index (χ0) is 10.6. The highest BCUT2D eigenvalue weighted by Crippen LogP contribution is 2.29. The predicted molar refractivity (Wildman–Crippen MR) is 56.4 cm³/mol. The van der Waals surface area contributed by atoms with Crippen molar-refractivity contribution in [1.82, 2.24) is 0 Å². The van der Waals surface area contributed by atoms with Gasteiger partial charge in [-0.05, 0) is 31.4 Å². The molecule has 1 rings (SSSR count). The number of aliphatic hydroxyl groups excluding tert-OH is 1. The fourth-order valence-electron chi connectivity index (χ4n) is 1.51. The second-order valence-corrected chi connectivity index (χ2v) is 3.66. The summed E-state index contributed by atoms with van der Waals surface area (Å²) in [5.41, 5.74) is 1.45.